The molecule has 1 aromatic rings. The first-order valence-corrected chi connectivity index (χ1v) is 4.99. The molecule has 0 aromatic heterocycles. The van der Waals surface area contributed by atoms with E-state index in [0.717, 1.165) is 6.07 Å². The van der Waals surface area contributed by atoms with E-state index in [4.69, 9.17) is 0 Å². The first-order chi connectivity index (χ1) is 7.90. The molecule has 1 amide bonds. The lowest BCUT2D eigenvalue weighted by Gasteiger charge is -2.15. The molecule has 0 atom stereocenters. The van der Waals surface area contributed by atoms with E-state index in [1.807, 2.05) is 0 Å². The van der Waals surface area contributed by atoms with Crippen molar-refractivity contribution < 1.29 is 18.0 Å². The van der Waals surface area contributed by atoms with Crippen molar-refractivity contribution in [2.75, 3.05) is 0 Å². The van der Waals surface area contributed by atoms with Crippen molar-refractivity contribution in [2.24, 2.45) is 0 Å². The molecule has 17 heavy (non-hydrogen) atoms. The number of hydrogen-bond donors (Lipinski definition) is 1. The fourth-order valence-electron chi connectivity index (χ4n) is 1.46. The summed E-state index contributed by atoms with van der Waals surface area (Å²) < 4.78 is 38.4. The van der Waals surface area contributed by atoms with Gasteiger partial charge in [-0.25, -0.2) is 0 Å². The van der Waals surface area contributed by atoms with Gasteiger partial charge in [0, 0.05) is 11.3 Å². The second kappa shape index (κ2) is 5.03. The maximum absolute atomic E-state index is 12.8. The number of rotatable bonds is 4. The van der Waals surface area contributed by atoms with Crippen LogP contribution in [0.2, 0.25) is 0 Å². The molecular weight excluding hydrogens is 231 g/mol. The lowest BCUT2D eigenvalue weighted by atomic mass is 10.0. The van der Waals surface area contributed by atoms with Gasteiger partial charge in [0.05, 0.1) is 5.56 Å². The summed E-state index contributed by atoms with van der Waals surface area (Å²) in [6.45, 7) is 5.17. The van der Waals surface area contributed by atoms with E-state index in [9.17, 15) is 18.0 Å². The normalized spacial score (nSPS) is 11.1. The van der Waals surface area contributed by atoms with Gasteiger partial charge in [0.2, 0.25) is 6.41 Å². The zero-order chi connectivity index (χ0) is 13.1. The maximum atomic E-state index is 12.8. The molecule has 0 saturated heterocycles. The number of amides is 1. The van der Waals surface area contributed by atoms with Gasteiger partial charge in [-0.1, -0.05) is 25.6 Å². The largest absolute Gasteiger partial charge is 0.417 e. The lowest BCUT2D eigenvalue weighted by Crippen LogP contribution is -2.15. The van der Waals surface area contributed by atoms with Crippen LogP contribution in [0.4, 0.5) is 13.2 Å². The second-order valence-electron chi connectivity index (χ2n) is 3.47. The van der Waals surface area contributed by atoms with Crippen molar-refractivity contribution in [2.45, 2.75) is 19.5 Å². The molecule has 1 rings (SSSR count). The first kappa shape index (κ1) is 13.3. The zero-order valence-electron chi connectivity index (χ0n) is 9.27. The van der Waals surface area contributed by atoms with Gasteiger partial charge in [0.1, 0.15) is 0 Å². The highest BCUT2D eigenvalue weighted by atomic mass is 19.4. The molecule has 0 aliphatic rings. The highest BCUT2D eigenvalue weighted by molar-refractivity contribution is 5.74. The fraction of sp³-hybridized carbons (Fsp3) is 0.250. The number of nitrogens with one attached hydrogen (secondary N) is 1. The highest BCUT2D eigenvalue weighted by Gasteiger charge is 2.34. The quantitative estimate of drug-likeness (QED) is 0.809. The summed E-state index contributed by atoms with van der Waals surface area (Å²) in [4.78, 5) is 10.2. The van der Waals surface area contributed by atoms with Crippen LogP contribution in [0.1, 0.15) is 23.6 Å². The molecule has 0 saturated carbocycles. The summed E-state index contributed by atoms with van der Waals surface area (Å²) in [5, 5.41) is 2.14. The summed E-state index contributed by atoms with van der Waals surface area (Å²) in [7, 11) is 0. The highest BCUT2D eigenvalue weighted by Crippen LogP contribution is 2.34. The summed E-state index contributed by atoms with van der Waals surface area (Å²) in [6, 6.07) is 3.98. The van der Waals surface area contributed by atoms with Crippen LogP contribution >= 0.6 is 0 Å². The van der Waals surface area contributed by atoms with Gasteiger partial charge >= 0.3 is 6.18 Å². The van der Waals surface area contributed by atoms with Crippen LogP contribution in [0.25, 0.3) is 5.70 Å². The van der Waals surface area contributed by atoms with Crippen molar-refractivity contribution in [3.05, 3.63) is 41.5 Å². The predicted octanol–water partition coefficient (Wildman–Crippen LogP) is 2.98. The molecule has 0 unspecified atom stereocenters. The second-order valence-corrected chi connectivity index (χ2v) is 3.47. The summed E-state index contributed by atoms with van der Waals surface area (Å²) >= 11 is 0. The maximum Gasteiger partial charge on any atom is 0.417 e. The minimum Gasteiger partial charge on any atom is -0.329 e. The Morgan fingerprint density at radius 2 is 2.12 bits per heavy atom. The Bertz CT molecular complexity index is 438. The third-order valence-corrected chi connectivity index (χ3v) is 2.36. The molecule has 2 nitrogen and oxygen atoms in total. The summed E-state index contributed by atoms with van der Waals surface area (Å²) in [5.41, 5.74) is -0.368. The van der Waals surface area contributed by atoms with E-state index in [0.29, 0.717) is 18.4 Å². The molecular formula is C12H12F3NO. The van der Waals surface area contributed by atoms with Crippen LogP contribution in [-0.4, -0.2) is 6.41 Å². The van der Waals surface area contributed by atoms with Gasteiger partial charge in [-0.2, -0.15) is 13.2 Å². The van der Waals surface area contributed by atoms with E-state index in [-0.39, 0.29) is 11.3 Å². The van der Waals surface area contributed by atoms with E-state index < -0.39 is 11.7 Å². The van der Waals surface area contributed by atoms with Gasteiger partial charge in [0.15, 0.2) is 0 Å². The third-order valence-electron chi connectivity index (χ3n) is 2.36. The molecule has 0 radical (unpaired) electrons. The number of benzene rings is 1. The van der Waals surface area contributed by atoms with E-state index >= 15 is 0 Å². The van der Waals surface area contributed by atoms with Crippen LogP contribution in [0.3, 0.4) is 0 Å². The zero-order valence-corrected chi connectivity index (χ0v) is 9.27. The number of carbonyl (C=O) groups excluding carboxylic acids is 1. The smallest absolute Gasteiger partial charge is 0.329 e. The van der Waals surface area contributed by atoms with Gasteiger partial charge in [-0.15, -0.1) is 0 Å². The summed E-state index contributed by atoms with van der Waals surface area (Å²) in [6.07, 6.45) is -3.65. The Hall–Kier alpha value is -1.78. The molecule has 1 N–H and O–H groups in total. The minimum absolute atomic E-state index is 0.0602. The van der Waals surface area contributed by atoms with Gasteiger partial charge in [-0.05, 0) is 18.1 Å². The summed E-state index contributed by atoms with van der Waals surface area (Å²) in [5.74, 6) is 0. The molecule has 0 aliphatic heterocycles. The molecule has 0 bridgehead atoms. The minimum atomic E-state index is -4.46. The van der Waals surface area contributed by atoms with Crippen LogP contribution in [0, 0.1) is 0 Å². The number of carbonyl (C=O) groups is 1. The van der Waals surface area contributed by atoms with Crippen molar-refractivity contribution in [3.63, 3.8) is 0 Å². The van der Waals surface area contributed by atoms with E-state index in [1.54, 1.807) is 13.0 Å². The standard InChI is InChI=1S/C12H12F3NO/c1-3-9-4-5-10(8(2)16-7-17)11(6-9)12(13,14)15/h4-7H,2-3H2,1H3,(H,16,17). The number of halogens is 3. The average Bonchev–Trinajstić information content (AvgIpc) is 2.27. The van der Waals surface area contributed by atoms with Crippen molar-refractivity contribution in [1.82, 2.24) is 5.32 Å². The van der Waals surface area contributed by atoms with Gasteiger partial charge in [-0.3, -0.25) is 4.79 Å². The van der Waals surface area contributed by atoms with E-state index in [2.05, 4.69) is 11.9 Å². The molecule has 5 heteroatoms. The SMILES string of the molecule is C=C(NC=O)c1ccc(CC)cc1C(F)(F)F. The first-order valence-electron chi connectivity index (χ1n) is 4.99. The Balaban J connectivity index is 3.29. The molecule has 0 fully saturated rings. The number of alkyl halides is 3. The Labute approximate surface area is 97.1 Å². The molecule has 0 aliphatic carbocycles. The Morgan fingerprint density at radius 1 is 1.47 bits per heavy atom. The van der Waals surface area contributed by atoms with Crippen molar-refractivity contribution in [1.29, 1.82) is 0 Å². The van der Waals surface area contributed by atoms with Crippen molar-refractivity contribution in [3.8, 4) is 0 Å². The molecule has 0 spiro atoms. The average molecular weight is 243 g/mol. The van der Waals surface area contributed by atoms with Gasteiger partial charge < -0.3 is 5.32 Å². The molecule has 0 heterocycles. The topological polar surface area (TPSA) is 29.1 Å². The number of aryl methyl sites for hydroxylation is 1. The Morgan fingerprint density at radius 3 is 2.59 bits per heavy atom. The lowest BCUT2D eigenvalue weighted by molar-refractivity contribution is -0.137. The van der Waals surface area contributed by atoms with Crippen molar-refractivity contribution >= 4 is 12.1 Å². The van der Waals surface area contributed by atoms with Crippen LogP contribution in [-0.2, 0) is 17.4 Å². The molecule has 92 valence electrons. The monoisotopic (exact) mass is 243 g/mol. The predicted molar refractivity (Wildman–Crippen MR) is 59.1 cm³/mol. The van der Waals surface area contributed by atoms with Crippen LogP contribution in [0.15, 0.2) is 24.8 Å². The van der Waals surface area contributed by atoms with Gasteiger partial charge in [0.25, 0.3) is 0 Å². The molecule has 1 aromatic carbocycles. The number of hydrogen-bond acceptors (Lipinski definition) is 1. The Kier molecular flexibility index (Phi) is 3.93. The third kappa shape index (κ3) is 3.09. The van der Waals surface area contributed by atoms with Crippen LogP contribution in [0.5, 0.6) is 0 Å². The fourth-order valence-corrected chi connectivity index (χ4v) is 1.46. The van der Waals surface area contributed by atoms with Crippen LogP contribution < -0.4 is 5.32 Å². The van der Waals surface area contributed by atoms with E-state index in [1.165, 1.54) is 6.07 Å².